The Morgan fingerprint density at radius 3 is 2.92 bits per heavy atom. The Hall–Kier alpha value is -2.82. The number of benzene rings is 2. The molecule has 0 aliphatic carbocycles. The van der Waals surface area contributed by atoms with E-state index in [0.29, 0.717) is 18.9 Å². The summed E-state index contributed by atoms with van der Waals surface area (Å²) in [6.45, 7) is 4.71. The van der Waals surface area contributed by atoms with Gasteiger partial charge < -0.3 is 15.1 Å². The molecule has 5 nitrogen and oxygen atoms in total. The van der Waals surface area contributed by atoms with E-state index < -0.39 is 0 Å². The maximum Gasteiger partial charge on any atom is 0.319 e. The van der Waals surface area contributed by atoms with Crippen LogP contribution in [0.5, 0.6) is 0 Å². The van der Waals surface area contributed by atoms with E-state index in [4.69, 9.17) is 4.42 Å². The molecular formula is C19H21N3O2. The number of carbonyl (C=O) groups is 1. The second-order valence-corrected chi connectivity index (χ2v) is 5.84. The molecule has 0 bridgehead atoms. The fourth-order valence-corrected chi connectivity index (χ4v) is 2.50. The van der Waals surface area contributed by atoms with Crippen molar-refractivity contribution in [3.05, 3.63) is 59.5 Å². The summed E-state index contributed by atoms with van der Waals surface area (Å²) in [6.07, 6.45) is 1.49. The van der Waals surface area contributed by atoms with E-state index in [-0.39, 0.29) is 6.03 Å². The SMILES string of the molecule is CCCNC(=O)Nc1cccc(Cc2nc3ccc(C)cc3o2)c1. The van der Waals surface area contributed by atoms with Crippen LogP contribution in [0.25, 0.3) is 11.1 Å². The molecule has 0 radical (unpaired) electrons. The lowest BCUT2D eigenvalue weighted by Gasteiger charge is -2.07. The van der Waals surface area contributed by atoms with E-state index in [2.05, 4.69) is 15.6 Å². The summed E-state index contributed by atoms with van der Waals surface area (Å²) in [7, 11) is 0. The van der Waals surface area contributed by atoms with Gasteiger partial charge in [-0.15, -0.1) is 0 Å². The van der Waals surface area contributed by atoms with Crippen molar-refractivity contribution in [2.75, 3.05) is 11.9 Å². The highest BCUT2D eigenvalue weighted by Crippen LogP contribution is 2.20. The van der Waals surface area contributed by atoms with Gasteiger partial charge in [0.05, 0.1) is 0 Å². The van der Waals surface area contributed by atoms with Crippen molar-refractivity contribution in [2.24, 2.45) is 0 Å². The van der Waals surface area contributed by atoms with Gasteiger partial charge in [-0.25, -0.2) is 9.78 Å². The first kappa shape index (κ1) is 16.1. The molecule has 0 atom stereocenters. The van der Waals surface area contributed by atoms with Crippen molar-refractivity contribution >= 4 is 22.8 Å². The first-order valence-corrected chi connectivity index (χ1v) is 8.14. The fourth-order valence-electron chi connectivity index (χ4n) is 2.50. The Labute approximate surface area is 141 Å². The molecule has 5 heteroatoms. The van der Waals surface area contributed by atoms with E-state index in [1.54, 1.807) is 0 Å². The Morgan fingerprint density at radius 2 is 2.08 bits per heavy atom. The molecule has 24 heavy (non-hydrogen) atoms. The second-order valence-electron chi connectivity index (χ2n) is 5.84. The normalized spacial score (nSPS) is 10.8. The van der Waals surface area contributed by atoms with Crippen molar-refractivity contribution < 1.29 is 9.21 Å². The molecule has 0 aliphatic rings. The van der Waals surface area contributed by atoms with Crippen LogP contribution in [0.2, 0.25) is 0 Å². The summed E-state index contributed by atoms with van der Waals surface area (Å²) in [5.74, 6) is 0.670. The lowest BCUT2D eigenvalue weighted by molar-refractivity contribution is 0.252. The minimum Gasteiger partial charge on any atom is -0.440 e. The van der Waals surface area contributed by atoms with Crippen LogP contribution in [0.15, 0.2) is 46.9 Å². The molecule has 0 saturated heterocycles. The van der Waals surface area contributed by atoms with Gasteiger partial charge in [0.1, 0.15) is 5.52 Å². The Balaban J connectivity index is 1.72. The Bertz CT molecular complexity index is 855. The highest BCUT2D eigenvalue weighted by Gasteiger charge is 2.08. The number of amides is 2. The highest BCUT2D eigenvalue weighted by atomic mass is 16.3. The van der Waals surface area contributed by atoms with Crippen molar-refractivity contribution in [2.45, 2.75) is 26.7 Å². The molecule has 124 valence electrons. The number of nitrogens with zero attached hydrogens (tertiary/aromatic N) is 1. The van der Waals surface area contributed by atoms with Gasteiger partial charge in [0.2, 0.25) is 0 Å². The van der Waals surface area contributed by atoms with Crippen LogP contribution in [0, 0.1) is 6.92 Å². The fraction of sp³-hybridized carbons (Fsp3) is 0.263. The van der Waals surface area contributed by atoms with E-state index in [1.807, 2.05) is 56.3 Å². The summed E-state index contributed by atoms with van der Waals surface area (Å²) < 4.78 is 5.82. The summed E-state index contributed by atoms with van der Waals surface area (Å²) in [4.78, 5) is 16.3. The predicted molar refractivity (Wildman–Crippen MR) is 95.3 cm³/mol. The summed E-state index contributed by atoms with van der Waals surface area (Å²) in [5.41, 5.74) is 4.61. The van der Waals surface area contributed by atoms with Crippen LogP contribution in [0.3, 0.4) is 0 Å². The summed E-state index contributed by atoms with van der Waals surface area (Å²) in [6, 6.07) is 13.5. The van der Waals surface area contributed by atoms with Gasteiger partial charge in [-0.3, -0.25) is 0 Å². The Morgan fingerprint density at radius 1 is 1.21 bits per heavy atom. The number of fused-ring (bicyclic) bond motifs is 1. The van der Waals surface area contributed by atoms with Gasteiger partial charge in [-0.2, -0.15) is 0 Å². The zero-order valence-electron chi connectivity index (χ0n) is 13.9. The molecule has 0 aliphatic heterocycles. The number of nitrogens with one attached hydrogen (secondary N) is 2. The average molecular weight is 323 g/mol. The summed E-state index contributed by atoms with van der Waals surface area (Å²) in [5, 5.41) is 5.63. The van der Waals surface area contributed by atoms with Crippen molar-refractivity contribution in [1.29, 1.82) is 0 Å². The predicted octanol–water partition coefficient (Wildman–Crippen LogP) is 4.26. The van der Waals surface area contributed by atoms with Crippen LogP contribution < -0.4 is 10.6 Å². The zero-order chi connectivity index (χ0) is 16.9. The Kier molecular flexibility index (Phi) is 4.79. The first-order valence-electron chi connectivity index (χ1n) is 8.14. The van der Waals surface area contributed by atoms with Gasteiger partial charge >= 0.3 is 6.03 Å². The number of rotatable bonds is 5. The van der Waals surface area contributed by atoms with Crippen molar-refractivity contribution in [3.8, 4) is 0 Å². The molecule has 1 heterocycles. The molecule has 3 rings (SSSR count). The molecule has 2 amide bonds. The molecule has 0 spiro atoms. The molecule has 3 aromatic rings. The quantitative estimate of drug-likeness (QED) is 0.737. The third-order valence-electron chi connectivity index (χ3n) is 3.66. The van der Waals surface area contributed by atoms with E-state index in [1.165, 1.54) is 0 Å². The maximum atomic E-state index is 11.7. The molecule has 2 N–H and O–H groups in total. The third-order valence-corrected chi connectivity index (χ3v) is 3.66. The van der Waals surface area contributed by atoms with Gasteiger partial charge in [-0.1, -0.05) is 25.1 Å². The maximum absolute atomic E-state index is 11.7. The smallest absolute Gasteiger partial charge is 0.319 e. The average Bonchev–Trinajstić information content (AvgIpc) is 2.94. The minimum absolute atomic E-state index is 0.189. The zero-order valence-corrected chi connectivity index (χ0v) is 13.9. The van der Waals surface area contributed by atoms with Crippen LogP contribution in [-0.2, 0) is 6.42 Å². The number of hydrogen-bond acceptors (Lipinski definition) is 3. The number of aryl methyl sites for hydroxylation is 1. The first-order chi connectivity index (χ1) is 11.6. The highest BCUT2D eigenvalue weighted by molar-refractivity contribution is 5.89. The topological polar surface area (TPSA) is 67.2 Å². The van der Waals surface area contributed by atoms with Crippen LogP contribution >= 0.6 is 0 Å². The van der Waals surface area contributed by atoms with Gasteiger partial charge in [0.25, 0.3) is 0 Å². The van der Waals surface area contributed by atoms with Crippen LogP contribution in [0.1, 0.15) is 30.4 Å². The molecule has 2 aromatic carbocycles. The van der Waals surface area contributed by atoms with Gasteiger partial charge in [0, 0.05) is 18.7 Å². The second kappa shape index (κ2) is 7.17. The van der Waals surface area contributed by atoms with E-state index in [9.17, 15) is 4.79 Å². The van der Waals surface area contributed by atoms with Gasteiger partial charge in [0.15, 0.2) is 11.5 Å². The standard InChI is InChI=1S/C19H21N3O2/c1-3-9-20-19(23)21-15-6-4-5-14(11-15)12-18-22-16-8-7-13(2)10-17(16)24-18/h4-8,10-11H,3,9,12H2,1-2H3,(H2,20,21,23). The van der Waals surface area contributed by atoms with E-state index in [0.717, 1.165) is 34.3 Å². The largest absolute Gasteiger partial charge is 0.440 e. The number of oxazole rings is 1. The third kappa shape index (κ3) is 3.93. The van der Waals surface area contributed by atoms with Crippen molar-refractivity contribution in [3.63, 3.8) is 0 Å². The number of anilines is 1. The monoisotopic (exact) mass is 323 g/mol. The van der Waals surface area contributed by atoms with E-state index >= 15 is 0 Å². The lowest BCUT2D eigenvalue weighted by atomic mass is 10.1. The molecule has 0 fully saturated rings. The number of aromatic nitrogens is 1. The number of urea groups is 1. The van der Waals surface area contributed by atoms with Crippen LogP contribution in [0.4, 0.5) is 10.5 Å². The number of carbonyl (C=O) groups excluding carboxylic acids is 1. The molecule has 0 saturated carbocycles. The number of hydrogen-bond donors (Lipinski definition) is 2. The van der Waals surface area contributed by atoms with Crippen LogP contribution in [-0.4, -0.2) is 17.6 Å². The minimum atomic E-state index is -0.189. The van der Waals surface area contributed by atoms with Gasteiger partial charge in [-0.05, 0) is 48.7 Å². The molecule has 0 unspecified atom stereocenters. The summed E-state index contributed by atoms with van der Waals surface area (Å²) >= 11 is 0. The molecular weight excluding hydrogens is 302 g/mol. The molecule has 1 aromatic heterocycles. The lowest BCUT2D eigenvalue weighted by Crippen LogP contribution is -2.29. The van der Waals surface area contributed by atoms with Crippen molar-refractivity contribution in [1.82, 2.24) is 10.3 Å².